The highest BCUT2D eigenvalue weighted by Crippen LogP contribution is 2.15. The summed E-state index contributed by atoms with van der Waals surface area (Å²) in [6.07, 6.45) is 1.06. The van der Waals surface area contributed by atoms with Gasteiger partial charge in [0.25, 0.3) is 0 Å². The van der Waals surface area contributed by atoms with Gasteiger partial charge in [0.05, 0.1) is 24.8 Å². The summed E-state index contributed by atoms with van der Waals surface area (Å²) in [6, 6.07) is 11.1. The molecule has 0 spiro atoms. The van der Waals surface area contributed by atoms with Crippen molar-refractivity contribution in [1.29, 1.82) is 5.26 Å². The third kappa shape index (κ3) is 4.31. The molecule has 0 amide bonds. The first-order chi connectivity index (χ1) is 9.69. The van der Waals surface area contributed by atoms with Crippen LogP contribution in [0.5, 0.6) is 0 Å². The Kier molecular flexibility index (Phi) is 5.54. The number of hydrogen-bond acceptors (Lipinski definition) is 4. The average Bonchev–Trinajstić information content (AvgIpc) is 2.48. The van der Waals surface area contributed by atoms with Crippen LogP contribution in [0.25, 0.3) is 0 Å². The maximum atomic E-state index is 8.81. The number of hydrogen-bond donors (Lipinski definition) is 2. The van der Waals surface area contributed by atoms with Crippen molar-refractivity contribution in [2.24, 2.45) is 0 Å². The number of nitrogens with one attached hydrogen (secondary N) is 2. The highest BCUT2D eigenvalue weighted by molar-refractivity contribution is 5.32. The molecule has 1 aliphatic rings. The van der Waals surface area contributed by atoms with Gasteiger partial charge in [0.15, 0.2) is 0 Å². The molecule has 108 valence electrons. The zero-order valence-corrected chi connectivity index (χ0v) is 12.2. The van der Waals surface area contributed by atoms with Crippen LogP contribution in [0.15, 0.2) is 24.3 Å². The number of nitrogens with zero attached hydrogens (tertiary/aromatic N) is 1. The molecule has 0 aromatic heterocycles. The lowest BCUT2D eigenvalue weighted by Crippen LogP contribution is -2.45. The lowest BCUT2D eigenvalue weighted by molar-refractivity contribution is 0.0708. The topological polar surface area (TPSA) is 57.1 Å². The van der Waals surface area contributed by atoms with Gasteiger partial charge in [0.2, 0.25) is 0 Å². The molecule has 20 heavy (non-hydrogen) atoms. The molecule has 1 heterocycles. The summed E-state index contributed by atoms with van der Waals surface area (Å²) in [5.74, 6) is 0. The van der Waals surface area contributed by atoms with E-state index in [0.717, 1.165) is 26.2 Å². The fourth-order valence-electron chi connectivity index (χ4n) is 2.64. The monoisotopic (exact) mass is 273 g/mol. The van der Waals surface area contributed by atoms with E-state index in [2.05, 4.69) is 30.6 Å². The van der Waals surface area contributed by atoms with Crippen molar-refractivity contribution in [1.82, 2.24) is 10.6 Å². The zero-order valence-electron chi connectivity index (χ0n) is 12.2. The Balaban J connectivity index is 1.83. The third-order valence-electron chi connectivity index (χ3n) is 3.71. The minimum Gasteiger partial charge on any atom is -0.379 e. The predicted molar refractivity (Wildman–Crippen MR) is 79.4 cm³/mol. The second-order valence-corrected chi connectivity index (χ2v) is 5.48. The molecule has 0 saturated carbocycles. The van der Waals surface area contributed by atoms with Crippen molar-refractivity contribution in [3.05, 3.63) is 35.4 Å². The molecule has 0 aliphatic carbocycles. The minimum absolute atomic E-state index is 0.280. The second-order valence-electron chi connectivity index (χ2n) is 5.48. The fraction of sp³-hybridized carbons (Fsp3) is 0.562. The van der Waals surface area contributed by atoms with E-state index < -0.39 is 0 Å². The highest BCUT2D eigenvalue weighted by Gasteiger charge is 2.17. The van der Waals surface area contributed by atoms with Crippen LogP contribution in [0.3, 0.4) is 0 Å². The van der Waals surface area contributed by atoms with Crippen molar-refractivity contribution < 1.29 is 4.74 Å². The van der Waals surface area contributed by atoms with Crippen molar-refractivity contribution >= 4 is 0 Å². The van der Waals surface area contributed by atoms with E-state index in [4.69, 9.17) is 10.00 Å². The Morgan fingerprint density at radius 3 is 2.75 bits per heavy atom. The summed E-state index contributed by atoms with van der Waals surface area (Å²) >= 11 is 0. The molecule has 1 fully saturated rings. The number of rotatable bonds is 5. The van der Waals surface area contributed by atoms with Gasteiger partial charge in [-0.05, 0) is 38.0 Å². The lowest BCUT2D eigenvalue weighted by atomic mass is 10.0. The normalized spacial score (nSPS) is 21.9. The summed E-state index contributed by atoms with van der Waals surface area (Å²) < 4.78 is 5.48. The average molecular weight is 273 g/mol. The van der Waals surface area contributed by atoms with E-state index in [9.17, 15) is 0 Å². The standard InChI is InChI=1S/C16H23N3O/c1-12(9-16-11-20-8-7-18-16)19-13(2)15-5-3-14(10-17)4-6-15/h3-6,12-13,16,18-19H,7-9,11H2,1-2H3. The summed E-state index contributed by atoms with van der Waals surface area (Å²) in [5, 5.41) is 15.9. The van der Waals surface area contributed by atoms with Crippen LogP contribution in [0.4, 0.5) is 0 Å². The molecule has 1 aliphatic heterocycles. The SMILES string of the molecule is CC(CC1COCCN1)NC(C)c1ccc(C#N)cc1. The molecule has 0 radical (unpaired) electrons. The molecule has 3 unspecified atom stereocenters. The molecule has 1 aromatic rings. The summed E-state index contributed by atoms with van der Waals surface area (Å²) in [5.41, 5.74) is 1.92. The summed E-state index contributed by atoms with van der Waals surface area (Å²) in [4.78, 5) is 0. The molecule has 1 aromatic carbocycles. The van der Waals surface area contributed by atoms with Crippen LogP contribution < -0.4 is 10.6 Å². The molecule has 1 saturated heterocycles. The molecule has 4 nitrogen and oxygen atoms in total. The van der Waals surface area contributed by atoms with Gasteiger partial charge in [-0.1, -0.05) is 12.1 Å². The molecular weight excluding hydrogens is 250 g/mol. The maximum Gasteiger partial charge on any atom is 0.0991 e. The molecule has 4 heteroatoms. The van der Waals surface area contributed by atoms with Gasteiger partial charge in [0.1, 0.15) is 0 Å². The first kappa shape index (κ1) is 15.0. The van der Waals surface area contributed by atoms with Crippen LogP contribution in [0.2, 0.25) is 0 Å². The van der Waals surface area contributed by atoms with E-state index in [1.165, 1.54) is 5.56 Å². The molecule has 2 N–H and O–H groups in total. The lowest BCUT2D eigenvalue weighted by Gasteiger charge is -2.28. The van der Waals surface area contributed by atoms with Gasteiger partial charge in [-0.2, -0.15) is 5.26 Å². The maximum absolute atomic E-state index is 8.81. The Labute approximate surface area is 121 Å². The smallest absolute Gasteiger partial charge is 0.0991 e. The van der Waals surface area contributed by atoms with E-state index in [1.807, 2.05) is 24.3 Å². The molecule has 3 atom stereocenters. The van der Waals surface area contributed by atoms with Crippen LogP contribution in [0, 0.1) is 11.3 Å². The summed E-state index contributed by atoms with van der Waals surface area (Å²) in [7, 11) is 0. The zero-order chi connectivity index (χ0) is 14.4. The van der Waals surface area contributed by atoms with Gasteiger partial charge < -0.3 is 15.4 Å². The van der Waals surface area contributed by atoms with Gasteiger partial charge in [-0.15, -0.1) is 0 Å². The van der Waals surface area contributed by atoms with E-state index in [1.54, 1.807) is 0 Å². The Morgan fingerprint density at radius 2 is 2.15 bits per heavy atom. The van der Waals surface area contributed by atoms with Gasteiger partial charge in [-0.25, -0.2) is 0 Å². The van der Waals surface area contributed by atoms with Crippen LogP contribution >= 0.6 is 0 Å². The van der Waals surface area contributed by atoms with Gasteiger partial charge in [0, 0.05) is 24.7 Å². The van der Waals surface area contributed by atoms with Crippen molar-refractivity contribution in [2.75, 3.05) is 19.8 Å². The number of ether oxygens (including phenoxy) is 1. The summed E-state index contributed by atoms with van der Waals surface area (Å²) in [6.45, 7) is 6.93. The molecular formula is C16H23N3O. The third-order valence-corrected chi connectivity index (χ3v) is 3.71. The number of benzene rings is 1. The molecule has 0 bridgehead atoms. The van der Waals surface area contributed by atoms with Crippen LogP contribution in [0.1, 0.15) is 37.4 Å². The van der Waals surface area contributed by atoms with Crippen molar-refractivity contribution in [3.8, 4) is 6.07 Å². The first-order valence-electron chi connectivity index (χ1n) is 7.26. The van der Waals surface area contributed by atoms with Gasteiger partial charge >= 0.3 is 0 Å². The van der Waals surface area contributed by atoms with Gasteiger partial charge in [-0.3, -0.25) is 0 Å². The van der Waals surface area contributed by atoms with Crippen LogP contribution in [-0.2, 0) is 4.74 Å². The quantitative estimate of drug-likeness (QED) is 0.861. The van der Waals surface area contributed by atoms with E-state index in [0.29, 0.717) is 17.6 Å². The Bertz CT molecular complexity index is 446. The first-order valence-corrected chi connectivity index (χ1v) is 7.26. The Hall–Kier alpha value is -1.41. The largest absolute Gasteiger partial charge is 0.379 e. The minimum atomic E-state index is 0.280. The number of nitriles is 1. The van der Waals surface area contributed by atoms with E-state index in [-0.39, 0.29) is 6.04 Å². The van der Waals surface area contributed by atoms with Crippen LogP contribution in [-0.4, -0.2) is 31.8 Å². The highest BCUT2D eigenvalue weighted by atomic mass is 16.5. The fourth-order valence-corrected chi connectivity index (χ4v) is 2.64. The Morgan fingerprint density at radius 1 is 1.40 bits per heavy atom. The van der Waals surface area contributed by atoms with Crippen molar-refractivity contribution in [2.45, 2.75) is 38.4 Å². The van der Waals surface area contributed by atoms with Crippen molar-refractivity contribution in [3.63, 3.8) is 0 Å². The predicted octanol–water partition coefficient (Wildman–Crippen LogP) is 1.98. The molecule has 2 rings (SSSR count). The second kappa shape index (κ2) is 7.39. The van der Waals surface area contributed by atoms with E-state index >= 15 is 0 Å². The number of morpholine rings is 1.